The molecule has 3 aromatic rings. The van der Waals surface area contributed by atoms with Crippen LogP contribution in [0.3, 0.4) is 0 Å². The maximum absolute atomic E-state index is 12.5. The highest BCUT2D eigenvalue weighted by atomic mass is 16.2. The fraction of sp³-hybridized carbons (Fsp3) is 0.273. The van der Waals surface area contributed by atoms with Gasteiger partial charge >= 0.3 is 0 Å². The summed E-state index contributed by atoms with van der Waals surface area (Å²) in [6.45, 7) is 6.07. The van der Waals surface area contributed by atoms with Crippen molar-refractivity contribution in [3.63, 3.8) is 0 Å². The smallest absolute Gasteiger partial charge is 0.262 e. The number of fused-ring (bicyclic) bond motifs is 1. The first-order valence-electron chi connectivity index (χ1n) is 10.2. The van der Waals surface area contributed by atoms with E-state index >= 15 is 0 Å². The van der Waals surface area contributed by atoms with E-state index < -0.39 is 23.8 Å². The lowest BCUT2D eigenvalue weighted by Gasteiger charge is -2.21. The molecule has 1 aromatic carbocycles. The lowest BCUT2D eigenvalue weighted by atomic mass is 10.1. The van der Waals surface area contributed by atoms with E-state index in [1.54, 1.807) is 41.1 Å². The minimum atomic E-state index is -0.915. The molecule has 32 heavy (non-hydrogen) atoms. The van der Waals surface area contributed by atoms with Crippen LogP contribution in [0.2, 0.25) is 0 Å². The van der Waals surface area contributed by atoms with E-state index in [4.69, 9.17) is 0 Å². The van der Waals surface area contributed by atoms with Gasteiger partial charge in [0.2, 0.25) is 5.91 Å². The third kappa shape index (κ3) is 3.94. The minimum absolute atomic E-state index is 0.285. The van der Waals surface area contributed by atoms with E-state index in [1.807, 2.05) is 19.9 Å². The highest BCUT2D eigenvalue weighted by Gasteiger charge is 2.40. The second-order valence-corrected chi connectivity index (χ2v) is 7.54. The summed E-state index contributed by atoms with van der Waals surface area (Å²) < 4.78 is 1.72. The van der Waals surface area contributed by atoms with Crippen molar-refractivity contribution in [3.8, 4) is 5.82 Å². The van der Waals surface area contributed by atoms with Crippen molar-refractivity contribution in [2.75, 3.05) is 18.4 Å². The van der Waals surface area contributed by atoms with Gasteiger partial charge in [-0.1, -0.05) is 12.1 Å². The summed E-state index contributed by atoms with van der Waals surface area (Å²) >= 11 is 0. The Morgan fingerprint density at radius 2 is 1.69 bits per heavy atom. The van der Waals surface area contributed by atoms with Gasteiger partial charge in [0.15, 0.2) is 5.82 Å². The minimum Gasteiger partial charge on any atom is -0.367 e. The number of carbonyl (C=O) groups excluding carboxylic acids is 3. The number of hydrogen-bond acceptors (Lipinski definition) is 7. The molecule has 3 heterocycles. The van der Waals surface area contributed by atoms with Crippen molar-refractivity contribution in [1.29, 1.82) is 0 Å². The monoisotopic (exact) mass is 433 g/mol. The average molecular weight is 433 g/mol. The number of nitrogens with one attached hydrogen (secondary N) is 2. The molecule has 4 rings (SSSR count). The molecular weight excluding hydrogens is 410 g/mol. The molecular formula is C22H23N7O3. The molecule has 10 nitrogen and oxygen atoms in total. The number of nitrogens with zero attached hydrogens (tertiary/aromatic N) is 5. The number of carbonyl (C=O) groups is 3. The summed E-state index contributed by atoms with van der Waals surface area (Å²) in [5.74, 6) is -0.150. The van der Waals surface area contributed by atoms with Crippen molar-refractivity contribution in [2.45, 2.75) is 26.8 Å². The lowest BCUT2D eigenvalue weighted by molar-refractivity contribution is -0.124. The first kappa shape index (κ1) is 21.2. The third-order valence-electron chi connectivity index (χ3n) is 5.20. The van der Waals surface area contributed by atoms with Gasteiger partial charge in [-0.05, 0) is 51.1 Å². The number of imide groups is 1. The van der Waals surface area contributed by atoms with Crippen molar-refractivity contribution >= 4 is 23.5 Å². The normalized spacial score (nSPS) is 13.8. The van der Waals surface area contributed by atoms with E-state index in [0.29, 0.717) is 29.3 Å². The second-order valence-electron chi connectivity index (χ2n) is 7.54. The zero-order valence-corrected chi connectivity index (χ0v) is 18.0. The summed E-state index contributed by atoms with van der Waals surface area (Å²) in [6, 6.07) is 11.2. The number of benzene rings is 1. The van der Waals surface area contributed by atoms with Gasteiger partial charge < -0.3 is 10.6 Å². The van der Waals surface area contributed by atoms with E-state index in [-0.39, 0.29) is 6.54 Å². The SMILES string of the molecule is Cc1cc(C)n(-c2ccc(NCCNC(=O)C(C)N3C(=O)c4ccccc4C3=O)nn2)n1. The van der Waals surface area contributed by atoms with Gasteiger partial charge in [-0.3, -0.25) is 19.3 Å². The van der Waals surface area contributed by atoms with Crippen molar-refractivity contribution in [2.24, 2.45) is 0 Å². The van der Waals surface area contributed by atoms with Crippen LogP contribution in [0, 0.1) is 13.8 Å². The standard InChI is InChI=1S/C22H23N7O3/c1-13-12-14(2)29(27-13)19-9-8-18(25-26-19)23-10-11-24-20(30)15(3)28-21(31)16-6-4-5-7-17(16)22(28)32/h4-9,12,15H,10-11H2,1-3H3,(H,23,25)(H,24,30). The highest BCUT2D eigenvalue weighted by Crippen LogP contribution is 2.24. The molecule has 0 saturated heterocycles. The van der Waals surface area contributed by atoms with Crippen LogP contribution >= 0.6 is 0 Å². The summed E-state index contributed by atoms with van der Waals surface area (Å²) in [6.07, 6.45) is 0. The molecule has 0 radical (unpaired) electrons. The number of rotatable bonds is 7. The van der Waals surface area contributed by atoms with Crippen LogP contribution in [-0.4, -0.2) is 61.7 Å². The average Bonchev–Trinajstić information content (AvgIpc) is 3.26. The quantitative estimate of drug-likeness (QED) is 0.428. The number of aryl methyl sites for hydroxylation is 2. The van der Waals surface area contributed by atoms with Crippen molar-refractivity contribution in [3.05, 3.63) is 65.0 Å². The van der Waals surface area contributed by atoms with Gasteiger partial charge in [0.1, 0.15) is 11.9 Å². The van der Waals surface area contributed by atoms with E-state index in [1.165, 1.54) is 6.92 Å². The van der Waals surface area contributed by atoms with Gasteiger partial charge in [-0.15, -0.1) is 10.2 Å². The summed E-state index contributed by atoms with van der Waals surface area (Å²) in [7, 11) is 0. The fourth-order valence-corrected chi connectivity index (χ4v) is 3.59. The molecule has 0 aliphatic carbocycles. The van der Waals surface area contributed by atoms with Gasteiger partial charge in [0, 0.05) is 18.8 Å². The number of amides is 3. The lowest BCUT2D eigenvalue weighted by Crippen LogP contribution is -2.48. The fourth-order valence-electron chi connectivity index (χ4n) is 3.59. The Balaban J connectivity index is 1.28. The molecule has 1 aliphatic heterocycles. The van der Waals surface area contributed by atoms with Crippen LogP contribution in [-0.2, 0) is 4.79 Å². The summed E-state index contributed by atoms with van der Waals surface area (Å²) in [4.78, 5) is 38.5. The molecule has 10 heteroatoms. The zero-order chi connectivity index (χ0) is 22.8. The maximum Gasteiger partial charge on any atom is 0.262 e. The first-order chi connectivity index (χ1) is 15.4. The molecule has 1 aliphatic rings. The topological polar surface area (TPSA) is 122 Å². The van der Waals surface area contributed by atoms with E-state index in [2.05, 4.69) is 25.9 Å². The van der Waals surface area contributed by atoms with E-state index in [9.17, 15) is 14.4 Å². The van der Waals surface area contributed by atoms with E-state index in [0.717, 1.165) is 16.3 Å². The van der Waals surface area contributed by atoms with Gasteiger partial charge in [0.25, 0.3) is 11.8 Å². The Bertz CT molecular complexity index is 1150. The van der Waals surface area contributed by atoms with Gasteiger partial charge in [-0.2, -0.15) is 5.10 Å². The molecule has 3 amide bonds. The highest BCUT2D eigenvalue weighted by molar-refractivity contribution is 6.22. The predicted molar refractivity (Wildman–Crippen MR) is 117 cm³/mol. The Morgan fingerprint density at radius 1 is 1.00 bits per heavy atom. The molecule has 0 fully saturated rings. The van der Waals surface area contributed by atoms with Gasteiger partial charge in [-0.25, -0.2) is 4.68 Å². The second kappa shape index (κ2) is 8.58. The van der Waals surface area contributed by atoms with Crippen LogP contribution in [0.5, 0.6) is 0 Å². The van der Waals surface area contributed by atoms with Crippen molar-refractivity contribution < 1.29 is 14.4 Å². The van der Waals surface area contributed by atoms with Crippen molar-refractivity contribution in [1.82, 2.24) is 30.2 Å². The molecule has 0 spiro atoms. The van der Waals surface area contributed by atoms with Crippen LogP contribution in [0.1, 0.15) is 39.0 Å². The third-order valence-corrected chi connectivity index (χ3v) is 5.20. The van der Waals surface area contributed by atoms with Gasteiger partial charge in [0.05, 0.1) is 16.8 Å². The Labute approximate surface area is 184 Å². The Hall–Kier alpha value is -4.08. The largest absolute Gasteiger partial charge is 0.367 e. The first-order valence-corrected chi connectivity index (χ1v) is 10.2. The molecule has 2 aromatic heterocycles. The molecule has 2 N–H and O–H groups in total. The van der Waals surface area contributed by atoms with Crippen LogP contribution < -0.4 is 10.6 Å². The molecule has 164 valence electrons. The number of aromatic nitrogens is 4. The number of anilines is 1. The maximum atomic E-state index is 12.5. The molecule has 1 unspecified atom stereocenters. The molecule has 0 bridgehead atoms. The Morgan fingerprint density at radius 3 is 2.25 bits per heavy atom. The van der Waals surface area contributed by atoms with Crippen LogP contribution in [0.4, 0.5) is 5.82 Å². The molecule has 0 saturated carbocycles. The Kier molecular flexibility index (Phi) is 5.67. The zero-order valence-electron chi connectivity index (χ0n) is 18.0. The summed E-state index contributed by atoms with van der Waals surface area (Å²) in [5, 5.41) is 18.5. The van der Waals surface area contributed by atoms with Crippen LogP contribution in [0.15, 0.2) is 42.5 Å². The molecule has 1 atom stereocenters. The number of hydrogen-bond donors (Lipinski definition) is 2. The summed E-state index contributed by atoms with van der Waals surface area (Å²) in [5.41, 5.74) is 2.51. The predicted octanol–water partition coefficient (Wildman–Crippen LogP) is 1.49. The van der Waals surface area contributed by atoms with Crippen LogP contribution in [0.25, 0.3) is 5.82 Å².